The summed E-state index contributed by atoms with van der Waals surface area (Å²) >= 11 is 0. The molecular weight excluding hydrogens is 390 g/mol. The van der Waals surface area contributed by atoms with E-state index >= 15 is 0 Å². The number of hydrogen-bond acceptors (Lipinski definition) is 4. The fraction of sp³-hybridized carbons (Fsp3) is 0.500. The lowest BCUT2D eigenvalue weighted by atomic mass is 10.0. The fourth-order valence-electron chi connectivity index (χ4n) is 3.83. The molecule has 2 N–H and O–H groups in total. The molecule has 1 aromatic carbocycles. The first-order chi connectivity index (χ1) is 14.9. The third kappa shape index (κ3) is 6.34. The van der Waals surface area contributed by atoms with Gasteiger partial charge in [-0.1, -0.05) is 30.3 Å². The molecule has 0 spiro atoms. The first-order valence-electron chi connectivity index (χ1n) is 11.1. The molecule has 0 bridgehead atoms. The van der Waals surface area contributed by atoms with Crippen molar-refractivity contribution in [1.29, 1.82) is 0 Å². The Kier molecular flexibility index (Phi) is 7.74. The van der Waals surface area contributed by atoms with Crippen LogP contribution in [0, 0.1) is 0 Å². The highest BCUT2D eigenvalue weighted by molar-refractivity contribution is 5.91. The monoisotopic (exact) mass is 425 g/mol. The number of amides is 1. The molecule has 168 valence electrons. The van der Waals surface area contributed by atoms with Crippen LogP contribution in [0.2, 0.25) is 0 Å². The maximum Gasteiger partial charge on any atom is 0.289 e. The third-order valence-electron chi connectivity index (χ3n) is 5.46. The molecule has 31 heavy (non-hydrogen) atoms. The van der Waals surface area contributed by atoms with Crippen molar-refractivity contribution in [2.45, 2.75) is 39.3 Å². The van der Waals surface area contributed by atoms with Crippen LogP contribution >= 0.6 is 0 Å². The zero-order chi connectivity index (χ0) is 22.3. The van der Waals surface area contributed by atoms with Gasteiger partial charge >= 0.3 is 0 Å². The van der Waals surface area contributed by atoms with E-state index in [4.69, 9.17) is 9.41 Å². The fourth-order valence-corrected chi connectivity index (χ4v) is 3.83. The Morgan fingerprint density at radius 1 is 1.10 bits per heavy atom. The molecule has 7 heteroatoms. The topological polar surface area (TPSA) is 73.1 Å². The van der Waals surface area contributed by atoms with Crippen molar-refractivity contribution < 1.29 is 9.21 Å². The van der Waals surface area contributed by atoms with Crippen LogP contribution in [0.4, 0.5) is 0 Å². The maximum atomic E-state index is 12.5. The van der Waals surface area contributed by atoms with Crippen LogP contribution in [0.3, 0.4) is 0 Å². The van der Waals surface area contributed by atoms with Crippen molar-refractivity contribution in [3.8, 4) is 0 Å². The Labute approximate surface area is 185 Å². The molecule has 2 heterocycles. The Morgan fingerprint density at radius 3 is 2.39 bits per heavy atom. The van der Waals surface area contributed by atoms with Gasteiger partial charge in [0, 0.05) is 44.3 Å². The zero-order valence-electron chi connectivity index (χ0n) is 19.1. The van der Waals surface area contributed by atoms with Crippen LogP contribution in [0.5, 0.6) is 0 Å². The number of benzene rings is 1. The van der Waals surface area contributed by atoms with Crippen molar-refractivity contribution in [3.63, 3.8) is 0 Å². The van der Waals surface area contributed by atoms with Crippen molar-refractivity contribution in [1.82, 2.24) is 20.4 Å². The van der Waals surface area contributed by atoms with Gasteiger partial charge in [0.1, 0.15) is 0 Å². The number of carbonyl (C=O) groups is 1. The van der Waals surface area contributed by atoms with Crippen LogP contribution in [0.25, 0.3) is 0 Å². The summed E-state index contributed by atoms with van der Waals surface area (Å²) in [6.45, 7) is 12.9. The summed E-state index contributed by atoms with van der Waals surface area (Å²) in [4.78, 5) is 21.5. The molecule has 3 rings (SSSR count). The molecule has 1 aliphatic heterocycles. The average molecular weight is 426 g/mol. The normalized spacial score (nSPS) is 16.3. The molecular formula is C24H35N5O2. The first-order valence-corrected chi connectivity index (χ1v) is 11.1. The van der Waals surface area contributed by atoms with Gasteiger partial charge in [0.15, 0.2) is 11.7 Å². The molecule has 7 nitrogen and oxygen atoms in total. The Balaban J connectivity index is 1.57. The summed E-state index contributed by atoms with van der Waals surface area (Å²) in [6, 6.07) is 14.2. The van der Waals surface area contributed by atoms with Crippen molar-refractivity contribution >= 4 is 11.9 Å². The number of piperazine rings is 1. The standard InChI is InChI=1S/C24H35N5O2/c1-5-25-23(26-18-24(3,4)27-19(2)20-10-7-6-8-11-20)29-15-13-28(14-16-29)22(30)21-12-9-17-31-21/h6-12,17,19,27H,5,13-16,18H2,1-4H3,(H,25,26). The van der Waals surface area contributed by atoms with Crippen molar-refractivity contribution in [2.24, 2.45) is 4.99 Å². The number of rotatable bonds is 7. The SMILES string of the molecule is CCNC(=NCC(C)(C)NC(C)c1ccccc1)N1CCN(C(=O)c2ccco2)CC1. The zero-order valence-corrected chi connectivity index (χ0v) is 19.1. The summed E-state index contributed by atoms with van der Waals surface area (Å²) < 4.78 is 5.25. The van der Waals surface area contributed by atoms with E-state index in [-0.39, 0.29) is 17.5 Å². The molecule has 2 aromatic rings. The molecule has 0 radical (unpaired) electrons. The third-order valence-corrected chi connectivity index (χ3v) is 5.46. The minimum Gasteiger partial charge on any atom is -0.459 e. The predicted octanol–water partition coefficient (Wildman–Crippen LogP) is 3.13. The van der Waals surface area contributed by atoms with Gasteiger partial charge in [0.25, 0.3) is 5.91 Å². The summed E-state index contributed by atoms with van der Waals surface area (Å²) in [5, 5.41) is 7.10. The van der Waals surface area contributed by atoms with Gasteiger partial charge in [-0.05, 0) is 45.4 Å². The molecule has 1 fully saturated rings. The van der Waals surface area contributed by atoms with Crippen LogP contribution in [-0.4, -0.2) is 66.5 Å². The number of hydrogen-bond donors (Lipinski definition) is 2. The molecule has 1 amide bonds. The number of carbonyl (C=O) groups excluding carboxylic acids is 1. The lowest BCUT2D eigenvalue weighted by Crippen LogP contribution is -2.54. The van der Waals surface area contributed by atoms with Crippen LogP contribution < -0.4 is 10.6 Å². The second-order valence-electron chi connectivity index (χ2n) is 8.59. The van der Waals surface area contributed by atoms with Gasteiger partial charge < -0.3 is 24.9 Å². The van der Waals surface area contributed by atoms with Crippen LogP contribution in [0.1, 0.15) is 49.9 Å². The smallest absolute Gasteiger partial charge is 0.289 e. The summed E-state index contributed by atoms with van der Waals surface area (Å²) in [7, 11) is 0. The maximum absolute atomic E-state index is 12.5. The minimum absolute atomic E-state index is 0.0492. The van der Waals surface area contributed by atoms with Gasteiger partial charge in [-0.2, -0.15) is 0 Å². The summed E-state index contributed by atoms with van der Waals surface area (Å²) in [6.07, 6.45) is 1.54. The van der Waals surface area contributed by atoms with Gasteiger partial charge in [0.2, 0.25) is 0 Å². The molecule has 1 aromatic heterocycles. The number of guanidine groups is 1. The van der Waals surface area contributed by atoms with Gasteiger partial charge in [-0.3, -0.25) is 9.79 Å². The number of furan rings is 1. The average Bonchev–Trinajstić information content (AvgIpc) is 3.31. The van der Waals surface area contributed by atoms with E-state index in [9.17, 15) is 4.79 Å². The second kappa shape index (κ2) is 10.5. The molecule has 0 saturated carbocycles. The Bertz CT molecular complexity index is 840. The minimum atomic E-state index is -0.160. The van der Waals surface area contributed by atoms with E-state index in [1.54, 1.807) is 12.1 Å². The van der Waals surface area contributed by atoms with E-state index in [1.165, 1.54) is 11.8 Å². The van der Waals surface area contributed by atoms with E-state index in [0.717, 1.165) is 25.6 Å². The lowest BCUT2D eigenvalue weighted by Gasteiger charge is -2.37. The van der Waals surface area contributed by atoms with E-state index in [1.807, 2.05) is 11.0 Å². The highest BCUT2D eigenvalue weighted by Gasteiger charge is 2.26. The van der Waals surface area contributed by atoms with Gasteiger partial charge in [0.05, 0.1) is 12.8 Å². The van der Waals surface area contributed by atoms with Gasteiger partial charge in [-0.15, -0.1) is 0 Å². The quantitative estimate of drug-likeness (QED) is 0.527. The summed E-state index contributed by atoms with van der Waals surface area (Å²) in [5.74, 6) is 1.25. The summed E-state index contributed by atoms with van der Waals surface area (Å²) in [5.41, 5.74) is 1.11. The molecule has 1 aliphatic rings. The highest BCUT2D eigenvalue weighted by atomic mass is 16.3. The predicted molar refractivity (Wildman–Crippen MR) is 124 cm³/mol. The number of nitrogens with zero attached hydrogens (tertiary/aromatic N) is 3. The Hall–Kier alpha value is -2.80. The van der Waals surface area contributed by atoms with Crippen LogP contribution in [0.15, 0.2) is 58.1 Å². The number of nitrogens with one attached hydrogen (secondary N) is 2. The van der Waals surface area contributed by atoms with Crippen LogP contribution in [-0.2, 0) is 0 Å². The second-order valence-corrected chi connectivity index (χ2v) is 8.59. The highest BCUT2D eigenvalue weighted by Crippen LogP contribution is 2.17. The van der Waals surface area contributed by atoms with E-state index in [0.29, 0.717) is 25.4 Å². The van der Waals surface area contributed by atoms with Crippen molar-refractivity contribution in [3.05, 3.63) is 60.1 Å². The number of aliphatic imine (C=N–C) groups is 1. The lowest BCUT2D eigenvalue weighted by molar-refractivity contribution is 0.0657. The molecule has 1 unspecified atom stereocenters. The molecule has 1 saturated heterocycles. The van der Waals surface area contributed by atoms with E-state index < -0.39 is 0 Å². The van der Waals surface area contributed by atoms with Crippen molar-refractivity contribution in [2.75, 3.05) is 39.3 Å². The molecule has 1 atom stereocenters. The molecule has 0 aliphatic carbocycles. The van der Waals surface area contributed by atoms with E-state index in [2.05, 4.69) is 67.5 Å². The van der Waals surface area contributed by atoms with Gasteiger partial charge in [-0.25, -0.2) is 0 Å². The Morgan fingerprint density at radius 2 is 1.77 bits per heavy atom. The first kappa shape index (κ1) is 22.9. The largest absolute Gasteiger partial charge is 0.459 e.